The van der Waals surface area contributed by atoms with Gasteiger partial charge in [-0.15, -0.1) is 0 Å². The Bertz CT molecular complexity index is 257. The van der Waals surface area contributed by atoms with Gasteiger partial charge in [0.05, 0.1) is 12.0 Å². The van der Waals surface area contributed by atoms with E-state index in [0.717, 1.165) is 32.4 Å². The van der Waals surface area contributed by atoms with Gasteiger partial charge in [0.1, 0.15) is 0 Å². The van der Waals surface area contributed by atoms with Crippen LogP contribution in [0.15, 0.2) is 0 Å². The van der Waals surface area contributed by atoms with Gasteiger partial charge in [-0.3, -0.25) is 0 Å². The molecule has 1 saturated carbocycles. The van der Waals surface area contributed by atoms with Crippen molar-refractivity contribution in [3.05, 3.63) is 0 Å². The van der Waals surface area contributed by atoms with Gasteiger partial charge in [-0.05, 0) is 24.7 Å². The van der Waals surface area contributed by atoms with Gasteiger partial charge in [0.2, 0.25) is 0 Å². The van der Waals surface area contributed by atoms with E-state index in [1.54, 1.807) is 7.11 Å². The van der Waals surface area contributed by atoms with Gasteiger partial charge >= 0.3 is 0 Å². The number of hydrogen-bond donors (Lipinski definition) is 1. The Labute approximate surface area is 106 Å². The smallest absolute Gasteiger partial charge is 0.0672 e. The summed E-state index contributed by atoms with van der Waals surface area (Å²) in [5, 5.41) is 12.7. The molecule has 1 N–H and O–H groups in total. The van der Waals surface area contributed by atoms with Crippen molar-refractivity contribution in [1.29, 1.82) is 5.26 Å². The van der Waals surface area contributed by atoms with E-state index in [-0.39, 0.29) is 11.3 Å². The minimum Gasteiger partial charge on any atom is -0.385 e. The molecule has 0 aliphatic heterocycles. The zero-order valence-corrected chi connectivity index (χ0v) is 11.5. The second-order valence-electron chi connectivity index (χ2n) is 5.91. The normalized spacial score (nSPS) is 25.5. The van der Waals surface area contributed by atoms with Crippen molar-refractivity contribution in [2.75, 3.05) is 20.3 Å². The average Bonchev–Trinajstić information content (AvgIpc) is 2.34. The van der Waals surface area contributed by atoms with Crippen molar-refractivity contribution in [2.24, 2.45) is 11.3 Å². The number of ether oxygens (including phenoxy) is 1. The predicted octanol–water partition coefficient (Wildman–Crippen LogP) is 2.72. The first kappa shape index (κ1) is 14.5. The molecule has 3 heteroatoms. The SMILES string of the molecule is COCCC(C)(C)CNC1CCCCC1C#N. The molecule has 0 heterocycles. The quantitative estimate of drug-likeness (QED) is 0.774. The Hall–Kier alpha value is -0.590. The first-order valence-corrected chi connectivity index (χ1v) is 6.71. The molecule has 2 unspecified atom stereocenters. The maximum atomic E-state index is 9.12. The molecule has 1 rings (SSSR count). The minimum atomic E-state index is 0.210. The summed E-state index contributed by atoms with van der Waals surface area (Å²) >= 11 is 0. The molecule has 0 aromatic carbocycles. The van der Waals surface area contributed by atoms with Gasteiger partial charge in [-0.25, -0.2) is 0 Å². The zero-order chi connectivity index (χ0) is 12.7. The van der Waals surface area contributed by atoms with Crippen LogP contribution in [0, 0.1) is 22.7 Å². The molecule has 3 nitrogen and oxygen atoms in total. The fourth-order valence-corrected chi connectivity index (χ4v) is 2.40. The largest absolute Gasteiger partial charge is 0.385 e. The van der Waals surface area contributed by atoms with E-state index in [2.05, 4.69) is 25.2 Å². The maximum absolute atomic E-state index is 9.12. The zero-order valence-electron chi connectivity index (χ0n) is 11.5. The Kier molecular flexibility index (Phi) is 5.94. The van der Waals surface area contributed by atoms with Crippen molar-refractivity contribution in [1.82, 2.24) is 5.32 Å². The third-order valence-electron chi connectivity index (χ3n) is 3.76. The van der Waals surface area contributed by atoms with Gasteiger partial charge in [0.25, 0.3) is 0 Å². The van der Waals surface area contributed by atoms with E-state index in [1.807, 2.05) is 0 Å². The Morgan fingerprint density at radius 1 is 1.35 bits per heavy atom. The molecule has 0 saturated heterocycles. The van der Waals surface area contributed by atoms with E-state index in [9.17, 15) is 0 Å². The van der Waals surface area contributed by atoms with Crippen molar-refractivity contribution in [2.45, 2.75) is 52.0 Å². The number of nitrogens with one attached hydrogen (secondary N) is 1. The van der Waals surface area contributed by atoms with Crippen LogP contribution in [0.2, 0.25) is 0 Å². The Morgan fingerprint density at radius 3 is 2.71 bits per heavy atom. The molecule has 98 valence electrons. The summed E-state index contributed by atoms with van der Waals surface area (Å²) in [6, 6.07) is 2.84. The van der Waals surface area contributed by atoms with Crippen LogP contribution >= 0.6 is 0 Å². The van der Waals surface area contributed by atoms with Crippen LogP contribution in [0.5, 0.6) is 0 Å². The second kappa shape index (κ2) is 6.98. The third-order valence-corrected chi connectivity index (χ3v) is 3.76. The number of rotatable bonds is 6. The van der Waals surface area contributed by atoms with E-state index < -0.39 is 0 Å². The highest BCUT2D eigenvalue weighted by molar-refractivity contribution is 4.95. The van der Waals surface area contributed by atoms with Crippen LogP contribution in [0.25, 0.3) is 0 Å². The fourth-order valence-electron chi connectivity index (χ4n) is 2.40. The van der Waals surface area contributed by atoms with Crippen molar-refractivity contribution < 1.29 is 4.74 Å². The molecule has 0 aromatic heterocycles. The molecule has 1 fully saturated rings. The molecule has 17 heavy (non-hydrogen) atoms. The number of nitrogens with zero attached hydrogens (tertiary/aromatic N) is 1. The third kappa shape index (κ3) is 5.06. The van der Waals surface area contributed by atoms with E-state index in [4.69, 9.17) is 10.00 Å². The molecule has 0 bridgehead atoms. The second-order valence-corrected chi connectivity index (χ2v) is 5.91. The molecular weight excluding hydrogens is 212 g/mol. The molecule has 2 atom stereocenters. The number of nitriles is 1. The van der Waals surface area contributed by atoms with Crippen LogP contribution in [0.3, 0.4) is 0 Å². The lowest BCUT2D eigenvalue weighted by atomic mass is 9.83. The van der Waals surface area contributed by atoms with Gasteiger partial charge in [0.15, 0.2) is 0 Å². The molecule has 1 aliphatic rings. The summed E-state index contributed by atoms with van der Waals surface area (Å²) in [5.74, 6) is 0.210. The summed E-state index contributed by atoms with van der Waals surface area (Å²) < 4.78 is 5.13. The summed E-state index contributed by atoms with van der Waals surface area (Å²) in [5.41, 5.74) is 0.244. The van der Waals surface area contributed by atoms with Crippen LogP contribution in [0.1, 0.15) is 46.0 Å². The van der Waals surface area contributed by atoms with Gasteiger partial charge < -0.3 is 10.1 Å². The van der Waals surface area contributed by atoms with Crippen LogP contribution in [0.4, 0.5) is 0 Å². The van der Waals surface area contributed by atoms with Gasteiger partial charge in [-0.2, -0.15) is 5.26 Å². The summed E-state index contributed by atoms with van der Waals surface area (Å²) in [6.45, 7) is 6.28. The fraction of sp³-hybridized carbons (Fsp3) is 0.929. The van der Waals surface area contributed by atoms with E-state index >= 15 is 0 Å². The van der Waals surface area contributed by atoms with E-state index in [1.165, 1.54) is 12.8 Å². The highest BCUT2D eigenvalue weighted by Gasteiger charge is 2.26. The average molecular weight is 238 g/mol. The molecule has 0 spiro atoms. The first-order chi connectivity index (χ1) is 8.09. The Morgan fingerprint density at radius 2 is 2.06 bits per heavy atom. The van der Waals surface area contributed by atoms with Gasteiger partial charge in [-0.1, -0.05) is 26.7 Å². The highest BCUT2D eigenvalue weighted by atomic mass is 16.5. The van der Waals surface area contributed by atoms with Crippen LogP contribution in [-0.2, 0) is 4.74 Å². The van der Waals surface area contributed by atoms with Crippen molar-refractivity contribution >= 4 is 0 Å². The number of hydrogen-bond acceptors (Lipinski definition) is 3. The van der Waals surface area contributed by atoms with Crippen LogP contribution < -0.4 is 5.32 Å². The standard InChI is InChI=1S/C14H26N2O/c1-14(2,8-9-17-3)11-16-13-7-5-4-6-12(13)10-15/h12-13,16H,4-9,11H2,1-3H3. The monoisotopic (exact) mass is 238 g/mol. The van der Waals surface area contributed by atoms with Crippen molar-refractivity contribution in [3.63, 3.8) is 0 Å². The lowest BCUT2D eigenvalue weighted by Gasteiger charge is -2.32. The molecule has 0 radical (unpaired) electrons. The van der Waals surface area contributed by atoms with Crippen LogP contribution in [-0.4, -0.2) is 26.3 Å². The van der Waals surface area contributed by atoms with Crippen molar-refractivity contribution in [3.8, 4) is 6.07 Å². The Balaban J connectivity index is 2.35. The maximum Gasteiger partial charge on any atom is 0.0672 e. The van der Waals surface area contributed by atoms with Gasteiger partial charge in [0, 0.05) is 26.3 Å². The summed E-state index contributed by atoms with van der Waals surface area (Å²) in [7, 11) is 1.75. The lowest BCUT2D eigenvalue weighted by molar-refractivity contribution is 0.145. The van der Waals surface area contributed by atoms with E-state index in [0.29, 0.717) is 6.04 Å². The summed E-state index contributed by atoms with van der Waals surface area (Å²) in [4.78, 5) is 0. The summed E-state index contributed by atoms with van der Waals surface area (Å²) in [6.07, 6.45) is 5.74. The highest BCUT2D eigenvalue weighted by Crippen LogP contribution is 2.25. The minimum absolute atomic E-state index is 0.210. The molecular formula is C14H26N2O. The predicted molar refractivity (Wildman–Crippen MR) is 69.6 cm³/mol. The molecule has 1 aliphatic carbocycles. The lowest BCUT2D eigenvalue weighted by Crippen LogP contribution is -2.42. The molecule has 0 amide bonds. The first-order valence-electron chi connectivity index (χ1n) is 6.71. The molecule has 0 aromatic rings. The number of methoxy groups -OCH3 is 1. The topological polar surface area (TPSA) is 45.0 Å².